The predicted molar refractivity (Wildman–Crippen MR) is 104 cm³/mol. The van der Waals surface area contributed by atoms with Crippen LogP contribution >= 0.6 is 0 Å². The van der Waals surface area contributed by atoms with Crippen molar-refractivity contribution in [2.24, 2.45) is 17.8 Å². The second-order valence-electron chi connectivity index (χ2n) is 8.10. The number of nitrogens with one attached hydrogen (secondary N) is 2. The molecule has 146 valence electrons. The molecule has 2 bridgehead atoms. The average molecular weight is 391 g/mol. The lowest BCUT2D eigenvalue weighted by Gasteiger charge is -2.33. The largest absolute Gasteiger partial charge is 0.332 e. The van der Waals surface area contributed by atoms with Gasteiger partial charge in [-0.1, -0.05) is 12.2 Å². The first kappa shape index (κ1) is 18.7. The molecule has 1 saturated heterocycles. The molecule has 7 heteroatoms. The number of quaternary nitrogens is 1. The highest BCUT2D eigenvalue weighted by Gasteiger charge is 2.39. The fraction of sp³-hybridized carbons (Fsp3) is 0.550. The van der Waals surface area contributed by atoms with E-state index in [1.54, 1.807) is 28.6 Å². The summed E-state index contributed by atoms with van der Waals surface area (Å²) in [7, 11) is -3.47. The second kappa shape index (κ2) is 7.37. The minimum Gasteiger partial charge on any atom is -0.332 e. The Labute approximate surface area is 161 Å². The Hall–Kier alpha value is -1.70. The van der Waals surface area contributed by atoms with E-state index in [-0.39, 0.29) is 5.91 Å². The molecule has 1 aliphatic heterocycles. The molecular weight excluding hydrogens is 362 g/mol. The Morgan fingerprint density at radius 3 is 2.41 bits per heavy atom. The Morgan fingerprint density at radius 1 is 1.15 bits per heavy atom. The van der Waals surface area contributed by atoms with Crippen LogP contribution in [-0.4, -0.2) is 51.4 Å². The van der Waals surface area contributed by atoms with Gasteiger partial charge < -0.3 is 10.2 Å². The van der Waals surface area contributed by atoms with Gasteiger partial charge in [0.2, 0.25) is 15.9 Å². The molecule has 4 rings (SSSR count). The third kappa shape index (κ3) is 3.95. The van der Waals surface area contributed by atoms with Crippen molar-refractivity contribution in [1.82, 2.24) is 4.31 Å². The number of sulfonamides is 1. The third-order valence-corrected chi connectivity index (χ3v) is 8.12. The molecule has 6 nitrogen and oxygen atoms in total. The van der Waals surface area contributed by atoms with Crippen molar-refractivity contribution in [3.8, 4) is 0 Å². The molecule has 0 radical (unpaired) electrons. The Bertz CT molecular complexity index is 827. The fourth-order valence-corrected chi connectivity index (χ4v) is 6.25. The third-order valence-electron chi connectivity index (χ3n) is 6.21. The van der Waals surface area contributed by atoms with E-state index in [1.807, 2.05) is 0 Å². The summed E-state index contributed by atoms with van der Waals surface area (Å²) >= 11 is 0. The zero-order valence-corrected chi connectivity index (χ0v) is 16.5. The number of piperazine rings is 1. The normalized spacial score (nSPS) is 28.6. The van der Waals surface area contributed by atoms with E-state index in [0.717, 1.165) is 30.8 Å². The molecule has 2 aliphatic carbocycles. The monoisotopic (exact) mass is 390 g/mol. The van der Waals surface area contributed by atoms with Gasteiger partial charge in [0.05, 0.1) is 37.6 Å². The molecule has 0 unspecified atom stereocenters. The number of nitrogens with zero attached hydrogens (tertiary/aromatic N) is 1. The van der Waals surface area contributed by atoms with Gasteiger partial charge in [-0.3, -0.25) is 4.79 Å². The molecule has 3 aliphatic rings. The highest BCUT2D eigenvalue weighted by molar-refractivity contribution is 7.89. The van der Waals surface area contributed by atoms with Crippen LogP contribution in [0.4, 0.5) is 5.69 Å². The first-order chi connectivity index (χ1) is 12.9. The van der Waals surface area contributed by atoms with Gasteiger partial charge in [0.25, 0.3) is 0 Å². The molecule has 2 fully saturated rings. The fourth-order valence-electron chi connectivity index (χ4n) is 4.81. The van der Waals surface area contributed by atoms with Crippen LogP contribution in [-0.2, 0) is 14.8 Å². The lowest BCUT2D eigenvalue weighted by Crippen LogP contribution is -3.15. The highest BCUT2D eigenvalue weighted by Crippen LogP contribution is 2.42. The molecule has 1 amide bonds. The maximum atomic E-state index is 12.9. The molecule has 1 aromatic carbocycles. The number of rotatable bonds is 5. The summed E-state index contributed by atoms with van der Waals surface area (Å²) in [6.07, 6.45) is 7.40. The van der Waals surface area contributed by atoms with Gasteiger partial charge in [0.15, 0.2) is 0 Å². The van der Waals surface area contributed by atoms with Gasteiger partial charge in [-0.05, 0) is 48.9 Å². The van der Waals surface area contributed by atoms with E-state index >= 15 is 0 Å². The van der Waals surface area contributed by atoms with E-state index in [2.05, 4.69) is 17.5 Å². The number of anilines is 1. The van der Waals surface area contributed by atoms with Gasteiger partial charge in [0, 0.05) is 18.5 Å². The van der Waals surface area contributed by atoms with Crippen LogP contribution in [0.25, 0.3) is 0 Å². The summed E-state index contributed by atoms with van der Waals surface area (Å²) in [4.78, 5) is 12.9. The molecule has 0 spiro atoms. The van der Waals surface area contributed by atoms with Crippen LogP contribution in [0, 0.1) is 17.8 Å². The number of allylic oxidation sites excluding steroid dienone is 2. The molecule has 2 N–H and O–H groups in total. The molecular formula is C20H28N3O3S+. The molecule has 1 aromatic rings. The Balaban J connectivity index is 1.34. The van der Waals surface area contributed by atoms with Crippen molar-refractivity contribution in [2.45, 2.75) is 24.7 Å². The van der Waals surface area contributed by atoms with Crippen LogP contribution in [0.3, 0.4) is 0 Å². The van der Waals surface area contributed by atoms with E-state index in [4.69, 9.17) is 0 Å². The number of hydrogen-bond acceptors (Lipinski definition) is 3. The van der Waals surface area contributed by atoms with Crippen LogP contribution in [0.5, 0.6) is 0 Å². The number of hydrogen-bond donors (Lipinski definition) is 2. The Morgan fingerprint density at radius 2 is 1.85 bits per heavy atom. The molecule has 1 heterocycles. The number of carbonyl (C=O) groups excluding carboxylic acids is 1. The maximum absolute atomic E-state index is 12.9. The van der Waals surface area contributed by atoms with Gasteiger partial charge in [-0.15, -0.1) is 0 Å². The van der Waals surface area contributed by atoms with Crippen molar-refractivity contribution in [1.29, 1.82) is 0 Å². The number of fused-ring (bicyclic) bond motifs is 2. The number of benzene rings is 1. The van der Waals surface area contributed by atoms with Gasteiger partial charge in [0.1, 0.15) is 0 Å². The van der Waals surface area contributed by atoms with E-state index in [1.165, 1.54) is 31.2 Å². The SMILES string of the molecule is CC(=O)Nc1ccc(S(=O)(=O)N2CC[NH+](C[C@@H]3C[C@H]4C=C[C@H]3C4)CC2)cc1. The van der Waals surface area contributed by atoms with Crippen LogP contribution in [0.2, 0.25) is 0 Å². The van der Waals surface area contributed by atoms with E-state index in [9.17, 15) is 13.2 Å². The quantitative estimate of drug-likeness (QED) is 0.729. The first-order valence-electron chi connectivity index (χ1n) is 9.81. The minimum absolute atomic E-state index is 0.171. The van der Waals surface area contributed by atoms with E-state index in [0.29, 0.717) is 23.7 Å². The smallest absolute Gasteiger partial charge is 0.243 e. The summed E-state index contributed by atoms with van der Waals surface area (Å²) in [5.41, 5.74) is 0.607. The number of carbonyl (C=O) groups is 1. The van der Waals surface area contributed by atoms with Crippen molar-refractivity contribution in [2.75, 3.05) is 38.0 Å². The minimum atomic E-state index is -3.47. The predicted octanol–water partition coefficient (Wildman–Crippen LogP) is 0.746. The number of amides is 1. The summed E-state index contributed by atoms with van der Waals surface area (Å²) in [5, 5.41) is 2.66. The summed E-state index contributed by atoms with van der Waals surface area (Å²) in [6, 6.07) is 6.42. The Kier molecular flexibility index (Phi) is 5.09. The van der Waals surface area contributed by atoms with Crippen molar-refractivity contribution in [3.63, 3.8) is 0 Å². The van der Waals surface area contributed by atoms with Crippen LogP contribution in [0.15, 0.2) is 41.3 Å². The van der Waals surface area contributed by atoms with Gasteiger partial charge >= 0.3 is 0 Å². The zero-order valence-electron chi connectivity index (χ0n) is 15.7. The van der Waals surface area contributed by atoms with Crippen molar-refractivity contribution in [3.05, 3.63) is 36.4 Å². The lowest BCUT2D eigenvalue weighted by atomic mass is 9.93. The van der Waals surface area contributed by atoms with Crippen LogP contribution in [0.1, 0.15) is 19.8 Å². The first-order valence-corrected chi connectivity index (χ1v) is 11.3. The lowest BCUT2D eigenvalue weighted by molar-refractivity contribution is -0.907. The molecule has 27 heavy (non-hydrogen) atoms. The average Bonchev–Trinajstić information content (AvgIpc) is 3.25. The van der Waals surface area contributed by atoms with Crippen molar-refractivity contribution < 1.29 is 18.1 Å². The summed E-state index contributed by atoms with van der Waals surface area (Å²) in [5.74, 6) is 2.16. The molecule has 0 aromatic heterocycles. The zero-order chi connectivity index (χ0) is 19.0. The van der Waals surface area contributed by atoms with Gasteiger partial charge in [-0.2, -0.15) is 4.31 Å². The summed E-state index contributed by atoms with van der Waals surface area (Å²) < 4.78 is 27.4. The maximum Gasteiger partial charge on any atom is 0.243 e. The highest BCUT2D eigenvalue weighted by atomic mass is 32.2. The standard InChI is InChI=1S/C20H27N3O3S/c1-15(24)21-19-4-6-20(7-5-19)27(25,26)23-10-8-22(9-11-23)14-18-13-16-2-3-17(18)12-16/h2-7,16-18H,8-14H2,1H3,(H,21,24)/p+1/t16-,17-,18-/m0/s1. The second-order valence-corrected chi connectivity index (χ2v) is 10.0. The molecule has 3 atom stereocenters. The molecule has 1 saturated carbocycles. The van der Waals surface area contributed by atoms with Gasteiger partial charge in [-0.25, -0.2) is 8.42 Å². The van der Waals surface area contributed by atoms with Crippen molar-refractivity contribution >= 4 is 21.6 Å². The van der Waals surface area contributed by atoms with Crippen LogP contribution < -0.4 is 10.2 Å². The van der Waals surface area contributed by atoms with E-state index < -0.39 is 10.0 Å². The summed E-state index contributed by atoms with van der Waals surface area (Å²) in [6.45, 7) is 5.50. The topological polar surface area (TPSA) is 70.9 Å².